The predicted molar refractivity (Wildman–Crippen MR) is 103 cm³/mol. The van der Waals surface area contributed by atoms with Crippen LogP contribution in [0.15, 0.2) is 84.9 Å². The second-order valence-corrected chi connectivity index (χ2v) is 9.13. The van der Waals surface area contributed by atoms with Crippen molar-refractivity contribution in [1.82, 2.24) is 0 Å². The van der Waals surface area contributed by atoms with Gasteiger partial charge in [-0.3, -0.25) is 4.79 Å². The molecule has 0 spiro atoms. The molecule has 0 aliphatic rings. The maximum Gasteiger partial charge on any atom is 0.305 e. The Balaban J connectivity index is 2.31. The summed E-state index contributed by atoms with van der Waals surface area (Å²) in [6.07, 6.45) is 0.216. The predicted octanol–water partition coefficient (Wildman–Crippen LogP) is 3.21. The average Bonchev–Trinajstić information content (AvgIpc) is 2.65. The standard InChI is InChI=1S/C21H19O3P/c1-17(22)24-16-25(18-10-4-2-5-11-18,19-12-6-3-7-13-19)21-15-9-8-14-20(21)23/h2-15H,16H2,1H3/p+1. The number of phenolic OH excluding ortho intramolecular Hbond substituents is 1. The van der Waals surface area contributed by atoms with Crippen LogP contribution in [0.3, 0.4) is 0 Å². The molecule has 4 heteroatoms. The molecule has 0 unspecified atom stereocenters. The van der Waals surface area contributed by atoms with Crippen molar-refractivity contribution in [2.75, 3.05) is 6.35 Å². The molecule has 0 bridgehead atoms. The zero-order valence-corrected chi connectivity index (χ0v) is 14.9. The maximum atomic E-state index is 11.6. The van der Waals surface area contributed by atoms with E-state index in [2.05, 4.69) is 0 Å². The van der Waals surface area contributed by atoms with E-state index in [4.69, 9.17) is 4.74 Å². The normalized spacial score (nSPS) is 11.1. The Labute approximate surface area is 148 Å². The second-order valence-electron chi connectivity index (χ2n) is 5.73. The number of aromatic hydroxyl groups is 1. The number of esters is 1. The van der Waals surface area contributed by atoms with E-state index >= 15 is 0 Å². The van der Waals surface area contributed by atoms with Gasteiger partial charge in [0.2, 0.25) is 6.35 Å². The zero-order valence-electron chi connectivity index (χ0n) is 14.0. The van der Waals surface area contributed by atoms with Gasteiger partial charge in [0.25, 0.3) is 0 Å². The summed E-state index contributed by atoms with van der Waals surface area (Å²) in [6, 6.07) is 27.3. The summed E-state index contributed by atoms with van der Waals surface area (Å²) in [5.41, 5.74) is 0. The van der Waals surface area contributed by atoms with E-state index < -0.39 is 7.26 Å². The third kappa shape index (κ3) is 3.42. The molecule has 25 heavy (non-hydrogen) atoms. The minimum Gasteiger partial charge on any atom is -0.504 e. The number of benzene rings is 3. The van der Waals surface area contributed by atoms with E-state index in [1.807, 2.05) is 72.8 Å². The van der Waals surface area contributed by atoms with Crippen LogP contribution in [0.25, 0.3) is 0 Å². The van der Waals surface area contributed by atoms with Gasteiger partial charge in [-0.2, -0.15) is 0 Å². The lowest BCUT2D eigenvalue weighted by atomic mass is 10.3. The Bertz CT molecular complexity index is 808. The first-order valence-corrected chi connectivity index (χ1v) is 10.0. The molecule has 0 saturated carbocycles. The molecular weight excluding hydrogens is 331 g/mol. The van der Waals surface area contributed by atoms with Crippen LogP contribution in [0.4, 0.5) is 0 Å². The van der Waals surface area contributed by atoms with Crippen molar-refractivity contribution in [2.24, 2.45) is 0 Å². The molecule has 3 aromatic rings. The van der Waals surface area contributed by atoms with E-state index in [-0.39, 0.29) is 18.1 Å². The molecule has 1 N–H and O–H groups in total. The van der Waals surface area contributed by atoms with Crippen molar-refractivity contribution in [3.05, 3.63) is 84.9 Å². The Morgan fingerprint density at radius 1 is 0.840 bits per heavy atom. The topological polar surface area (TPSA) is 46.5 Å². The van der Waals surface area contributed by atoms with Crippen LogP contribution in [0.5, 0.6) is 5.75 Å². The lowest BCUT2D eigenvalue weighted by Crippen LogP contribution is -2.34. The van der Waals surface area contributed by atoms with Crippen LogP contribution in [-0.4, -0.2) is 17.4 Å². The highest BCUT2D eigenvalue weighted by molar-refractivity contribution is 7.95. The number of carbonyl (C=O) groups is 1. The lowest BCUT2D eigenvalue weighted by molar-refractivity contribution is -0.138. The SMILES string of the molecule is CC(=O)OC[P+](c1ccccc1)(c1ccccc1)c1ccccc1O. The number of hydrogen-bond donors (Lipinski definition) is 1. The number of phenols is 1. The number of carbonyl (C=O) groups excluding carboxylic acids is 1. The highest BCUT2D eigenvalue weighted by Crippen LogP contribution is 2.56. The van der Waals surface area contributed by atoms with Gasteiger partial charge < -0.3 is 9.84 Å². The van der Waals surface area contributed by atoms with Gasteiger partial charge in [0.1, 0.15) is 15.9 Å². The number of ether oxygens (including phenoxy) is 1. The summed E-state index contributed by atoms with van der Waals surface area (Å²) in [5.74, 6) is -0.109. The van der Waals surface area contributed by atoms with Crippen molar-refractivity contribution >= 4 is 29.1 Å². The summed E-state index contributed by atoms with van der Waals surface area (Å²) in [5, 5.41) is 13.6. The lowest BCUT2D eigenvalue weighted by Gasteiger charge is -2.27. The van der Waals surface area contributed by atoms with Gasteiger partial charge in [0, 0.05) is 6.92 Å². The van der Waals surface area contributed by atoms with Gasteiger partial charge in [0.05, 0.1) is 0 Å². The maximum absolute atomic E-state index is 11.6. The molecule has 3 aromatic carbocycles. The highest BCUT2D eigenvalue weighted by Gasteiger charge is 2.48. The van der Waals surface area contributed by atoms with Crippen molar-refractivity contribution in [3.63, 3.8) is 0 Å². The number of rotatable bonds is 5. The first kappa shape index (κ1) is 17.2. The van der Waals surface area contributed by atoms with E-state index in [0.717, 1.165) is 15.9 Å². The van der Waals surface area contributed by atoms with Gasteiger partial charge in [-0.1, -0.05) is 48.5 Å². The Morgan fingerprint density at radius 2 is 1.32 bits per heavy atom. The van der Waals surface area contributed by atoms with Gasteiger partial charge in [-0.05, 0) is 36.4 Å². The molecule has 126 valence electrons. The highest BCUT2D eigenvalue weighted by atomic mass is 31.2. The Morgan fingerprint density at radius 3 is 1.80 bits per heavy atom. The largest absolute Gasteiger partial charge is 0.504 e. The van der Waals surface area contributed by atoms with Crippen molar-refractivity contribution in [2.45, 2.75) is 6.92 Å². The molecule has 3 nitrogen and oxygen atoms in total. The molecule has 0 amide bonds. The summed E-state index contributed by atoms with van der Waals surface area (Å²) in [7, 11) is -2.34. The van der Waals surface area contributed by atoms with Gasteiger partial charge >= 0.3 is 5.97 Å². The van der Waals surface area contributed by atoms with Gasteiger partial charge in [-0.25, -0.2) is 0 Å². The number of hydrogen-bond acceptors (Lipinski definition) is 3. The molecular formula is C21H20O3P+. The van der Waals surface area contributed by atoms with Crippen molar-refractivity contribution in [1.29, 1.82) is 0 Å². The molecule has 0 aliphatic carbocycles. The van der Waals surface area contributed by atoms with Crippen LogP contribution in [0.2, 0.25) is 0 Å². The smallest absolute Gasteiger partial charge is 0.305 e. The monoisotopic (exact) mass is 351 g/mol. The quantitative estimate of drug-likeness (QED) is 0.567. The third-order valence-electron chi connectivity index (χ3n) is 4.15. The molecule has 0 atom stereocenters. The minimum atomic E-state index is -2.34. The average molecular weight is 351 g/mol. The second kappa shape index (κ2) is 7.50. The van der Waals surface area contributed by atoms with Gasteiger partial charge in [0.15, 0.2) is 13.0 Å². The van der Waals surface area contributed by atoms with Crippen LogP contribution in [0, 0.1) is 0 Å². The molecule has 0 aromatic heterocycles. The summed E-state index contributed by atoms with van der Waals surface area (Å²) >= 11 is 0. The zero-order chi connectivity index (χ0) is 17.7. The van der Waals surface area contributed by atoms with Crippen molar-refractivity contribution < 1.29 is 14.6 Å². The molecule has 0 fully saturated rings. The molecule has 0 aliphatic heterocycles. The first-order chi connectivity index (χ1) is 12.1. The summed E-state index contributed by atoms with van der Waals surface area (Å²) < 4.78 is 5.52. The minimum absolute atomic E-state index is 0.216. The first-order valence-electron chi connectivity index (χ1n) is 8.06. The summed E-state index contributed by atoms with van der Waals surface area (Å²) in [6.45, 7) is 1.41. The van der Waals surface area contributed by atoms with Crippen LogP contribution in [-0.2, 0) is 9.53 Å². The third-order valence-corrected chi connectivity index (χ3v) is 8.22. The van der Waals surface area contributed by atoms with Crippen LogP contribution >= 0.6 is 7.26 Å². The molecule has 3 rings (SSSR count). The molecule has 0 saturated heterocycles. The number of para-hydroxylation sites is 1. The van der Waals surface area contributed by atoms with Crippen molar-refractivity contribution in [3.8, 4) is 5.75 Å². The van der Waals surface area contributed by atoms with E-state index in [1.165, 1.54) is 6.92 Å². The fraction of sp³-hybridized carbons (Fsp3) is 0.0952. The van der Waals surface area contributed by atoms with Crippen LogP contribution < -0.4 is 15.9 Å². The van der Waals surface area contributed by atoms with E-state index in [9.17, 15) is 9.90 Å². The van der Waals surface area contributed by atoms with Gasteiger partial charge in [-0.15, -0.1) is 0 Å². The fourth-order valence-corrected chi connectivity index (χ4v) is 6.82. The van der Waals surface area contributed by atoms with Crippen LogP contribution in [0.1, 0.15) is 6.92 Å². The Hall–Kier alpha value is -2.64. The van der Waals surface area contributed by atoms with E-state index in [1.54, 1.807) is 12.1 Å². The van der Waals surface area contributed by atoms with E-state index in [0.29, 0.717) is 0 Å². The fourth-order valence-electron chi connectivity index (χ4n) is 2.99. The Kier molecular flexibility index (Phi) is 5.16. The molecule has 0 radical (unpaired) electrons. The molecule has 0 heterocycles. The summed E-state index contributed by atoms with van der Waals surface area (Å²) in [4.78, 5) is 11.6.